The second-order valence-corrected chi connectivity index (χ2v) is 4.61. The van der Waals surface area contributed by atoms with Gasteiger partial charge in [-0.3, -0.25) is 10.1 Å². The van der Waals surface area contributed by atoms with E-state index in [2.05, 4.69) is 10.6 Å². The first-order valence-electron chi connectivity index (χ1n) is 6.39. The predicted molar refractivity (Wildman–Crippen MR) is 78.8 cm³/mol. The van der Waals surface area contributed by atoms with Crippen LogP contribution < -0.4 is 10.6 Å². The van der Waals surface area contributed by atoms with Crippen molar-refractivity contribution in [2.75, 3.05) is 10.6 Å². The summed E-state index contributed by atoms with van der Waals surface area (Å²) in [6.07, 6.45) is -4.48. The lowest BCUT2D eigenvalue weighted by Gasteiger charge is -2.10. The molecule has 0 spiro atoms. The predicted octanol–water partition coefficient (Wildman–Crippen LogP) is 3.96. The second-order valence-electron chi connectivity index (χ2n) is 4.61. The van der Waals surface area contributed by atoms with E-state index in [-0.39, 0.29) is 17.1 Å². The van der Waals surface area contributed by atoms with Crippen LogP contribution in [0.4, 0.5) is 35.0 Å². The molecule has 24 heavy (non-hydrogen) atoms. The second kappa shape index (κ2) is 6.44. The molecule has 0 bridgehead atoms. The van der Waals surface area contributed by atoms with Crippen molar-refractivity contribution in [2.45, 2.75) is 6.18 Å². The third kappa shape index (κ3) is 4.12. The van der Waals surface area contributed by atoms with Crippen LogP contribution in [0.1, 0.15) is 5.56 Å². The largest absolute Gasteiger partial charge is 0.506 e. The van der Waals surface area contributed by atoms with E-state index in [9.17, 15) is 33.2 Å². The van der Waals surface area contributed by atoms with Crippen LogP contribution in [-0.2, 0) is 6.18 Å². The van der Waals surface area contributed by atoms with E-state index >= 15 is 0 Å². The highest BCUT2D eigenvalue weighted by Gasteiger charge is 2.30. The van der Waals surface area contributed by atoms with Crippen molar-refractivity contribution in [1.82, 2.24) is 0 Å². The molecule has 2 aromatic rings. The van der Waals surface area contributed by atoms with E-state index in [0.29, 0.717) is 0 Å². The average Bonchev–Trinajstić information content (AvgIpc) is 2.48. The molecule has 2 amide bonds. The number of non-ortho nitro benzene ring substituents is 1. The number of nitro groups is 1. The zero-order chi connectivity index (χ0) is 17.9. The number of rotatable bonds is 3. The van der Waals surface area contributed by atoms with Gasteiger partial charge in [-0.05, 0) is 30.3 Å². The number of phenols is 1. The van der Waals surface area contributed by atoms with Crippen molar-refractivity contribution < 1.29 is 28.0 Å². The third-order valence-electron chi connectivity index (χ3n) is 2.91. The quantitative estimate of drug-likeness (QED) is 0.446. The zero-order valence-electron chi connectivity index (χ0n) is 11.8. The van der Waals surface area contributed by atoms with E-state index < -0.39 is 28.4 Å². The summed E-state index contributed by atoms with van der Waals surface area (Å²) in [6, 6.07) is 5.97. The Morgan fingerprint density at radius 3 is 2.21 bits per heavy atom. The fourth-order valence-corrected chi connectivity index (χ4v) is 1.77. The smallest absolute Gasteiger partial charge is 0.416 e. The van der Waals surface area contributed by atoms with E-state index in [0.717, 1.165) is 42.5 Å². The molecule has 0 heterocycles. The van der Waals surface area contributed by atoms with E-state index in [1.165, 1.54) is 0 Å². The molecule has 0 radical (unpaired) electrons. The van der Waals surface area contributed by atoms with Crippen LogP contribution in [0.2, 0.25) is 0 Å². The van der Waals surface area contributed by atoms with Crippen LogP contribution in [0.25, 0.3) is 0 Å². The molecule has 2 rings (SSSR count). The number of alkyl halides is 3. The van der Waals surface area contributed by atoms with Gasteiger partial charge in [0.2, 0.25) is 0 Å². The van der Waals surface area contributed by atoms with Gasteiger partial charge >= 0.3 is 12.2 Å². The Bertz CT molecular complexity index is 776. The number of carbonyl (C=O) groups excluding carboxylic acids is 1. The van der Waals surface area contributed by atoms with Crippen LogP contribution in [-0.4, -0.2) is 16.1 Å². The molecule has 0 aliphatic heterocycles. The molecule has 126 valence electrons. The molecule has 0 fully saturated rings. The van der Waals surface area contributed by atoms with Crippen molar-refractivity contribution in [3.8, 4) is 5.75 Å². The van der Waals surface area contributed by atoms with Crippen molar-refractivity contribution >= 4 is 23.1 Å². The monoisotopic (exact) mass is 341 g/mol. The maximum Gasteiger partial charge on any atom is 0.416 e. The van der Waals surface area contributed by atoms with Crippen LogP contribution in [0.3, 0.4) is 0 Å². The molecule has 2 aromatic carbocycles. The summed E-state index contributed by atoms with van der Waals surface area (Å²) >= 11 is 0. The van der Waals surface area contributed by atoms with Gasteiger partial charge in [-0.25, -0.2) is 4.79 Å². The number of nitro benzene ring substituents is 1. The topological polar surface area (TPSA) is 104 Å². The number of anilines is 2. The maximum absolute atomic E-state index is 12.4. The molecule has 0 atom stereocenters. The zero-order valence-corrected chi connectivity index (χ0v) is 11.8. The molecule has 0 aromatic heterocycles. The highest BCUT2D eigenvalue weighted by atomic mass is 19.4. The fourth-order valence-electron chi connectivity index (χ4n) is 1.77. The lowest BCUT2D eigenvalue weighted by molar-refractivity contribution is -0.384. The van der Waals surface area contributed by atoms with Crippen molar-refractivity contribution in [1.29, 1.82) is 0 Å². The summed E-state index contributed by atoms with van der Waals surface area (Å²) in [5.41, 5.74) is -1.21. The molecular formula is C14H10F3N3O4. The number of benzene rings is 2. The summed E-state index contributed by atoms with van der Waals surface area (Å²) in [4.78, 5) is 21.6. The SMILES string of the molecule is O=C(Nc1ccc(C(F)(F)F)cc1)Nc1ccc([N+](=O)[O-])cc1O. The van der Waals surface area contributed by atoms with Gasteiger partial charge in [0.15, 0.2) is 0 Å². The minimum absolute atomic E-state index is 0.0926. The number of hydrogen-bond acceptors (Lipinski definition) is 4. The van der Waals surface area contributed by atoms with Crippen LogP contribution in [0.5, 0.6) is 5.75 Å². The molecule has 0 unspecified atom stereocenters. The van der Waals surface area contributed by atoms with Crippen LogP contribution in [0.15, 0.2) is 42.5 Å². The van der Waals surface area contributed by atoms with Crippen molar-refractivity contribution in [3.05, 3.63) is 58.1 Å². The van der Waals surface area contributed by atoms with Crippen molar-refractivity contribution in [2.24, 2.45) is 0 Å². The minimum atomic E-state index is -4.48. The van der Waals surface area contributed by atoms with E-state index in [1.807, 2.05) is 0 Å². The normalized spacial score (nSPS) is 11.0. The van der Waals surface area contributed by atoms with Gasteiger partial charge in [-0.1, -0.05) is 0 Å². The number of carbonyl (C=O) groups is 1. The number of aromatic hydroxyl groups is 1. The molecule has 0 aliphatic rings. The van der Waals surface area contributed by atoms with Crippen LogP contribution in [0, 0.1) is 10.1 Å². The molecular weight excluding hydrogens is 331 g/mol. The third-order valence-corrected chi connectivity index (χ3v) is 2.91. The van der Waals surface area contributed by atoms with Gasteiger partial charge in [-0.2, -0.15) is 13.2 Å². The Morgan fingerprint density at radius 1 is 1.08 bits per heavy atom. The number of halogens is 3. The van der Waals surface area contributed by atoms with E-state index in [1.54, 1.807) is 0 Å². The summed E-state index contributed by atoms with van der Waals surface area (Å²) in [6.45, 7) is 0. The number of urea groups is 1. The first-order valence-corrected chi connectivity index (χ1v) is 6.39. The number of nitrogens with zero attached hydrogens (tertiary/aromatic N) is 1. The summed E-state index contributed by atoms with van der Waals surface area (Å²) in [5, 5.41) is 24.6. The number of hydrogen-bond donors (Lipinski definition) is 3. The molecule has 10 heteroatoms. The van der Waals surface area contributed by atoms with Gasteiger partial charge in [0, 0.05) is 11.8 Å². The Kier molecular flexibility index (Phi) is 4.58. The lowest BCUT2D eigenvalue weighted by atomic mass is 10.2. The van der Waals surface area contributed by atoms with Gasteiger partial charge in [-0.15, -0.1) is 0 Å². The van der Waals surface area contributed by atoms with Gasteiger partial charge in [0.05, 0.1) is 22.2 Å². The highest BCUT2D eigenvalue weighted by molar-refractivity contribution is 6.00. The fraction of sp³-hybridized carbons (Fsp3) is 0.0714. The van der Waals surface area contributed by atoms with Crippen LogP contribution >= 0.6 is 0 Å². The van der Waals surface area contributed by atoms with E-state index in [4.69, 9.17) is 0 Å². The first-order chi connectivity index (χ1) is 11.2. The first kappa shape index (κ1) is 17.1. The Morgan fingerprint density at radius 2 is 1.71 bits per heavy atom. The maximum atomic E-state index is 12.4. The lowest BCUT2D eigenvalue weighted by Crippen LogP contribution is -2.19. The standard InChI is InChI=1S/C14H10F3N3O4/c15-14(16,17)8-1-3-9(4-2-8)18-13(22)19-11-6-5-10(20(23)24)7-12(11)21/h1-7,21H,(H2,18,19,22). The molecule has 0 aliphatic carbocycles. The average molecular weight is 341 g/mol. The molecule has 0 saturated heterocycles. The van der Waals surface area contributed by atoms with Gasteiger partial charge < -0.3 is 15.7 Å². The summed E-state index contributed by atoms with van der Waals surface area (Å²) in [5.74, 6) is -0.522. The number of amides is 2. The highest BCUT2D eigenvalue weighted by Crippen LogP contribution is 2.30. The number of phenolic OH excluding ortho intramolecular Hbond substituents is 1. The molecule has 7 nitrogen and oxygen atoms in total. The van der Waals surface area contributed by atoms with Gasteiger partial charge in [0.25, 0.3) is 5.69 Å². The molecule has 0 saturated carbocycles. The Balaban J connectivity index is 2.04. The number of nitrogens with one attached hydrogen (secondary N) is 2. The Hall–Kier alpha value is -3.30. The summed E-state index contributed by atoms with van der Waals surface area (Å²) < 4.78 is 37.3. The van der Waals surface area contributed by atoms with Crippen molar-refractivity contribution in [3.63, 3.8) is 0 Å². The summed E-state index contributed by atoms with van der Waals surface area (Å²) in [7, 11) is 0. The Labute approximate surface area is 132 Å². The molecule has 3 N–H and O–H groups in total. The van der Waals surface area contributed by atoms with Gasteiger partial charge in [0.1, 0.15) is 5.75 Å². The minimum Gasteiger partial charge on any atom is -0.506 e.